The fourth-order valence-electron chi connectivity index (χ4n) is 4.37. The van der Waals surface area contributed by atoms with Crippen LogP contribution < -0.4 is 14.8 Å². The Balaban J connectivity index is 1.63. The number of hydrogen-bond donors (Lipinski definition) is 1. The second kappa shape index (κ2) is 7.15. The summed E-state index contributed by atoms with van der Waals surface area (Å²) in [6.07, 6.45) is 2.04. The first-order chi connectivity index (χ1) is 13.4. The molecule has 0 saturated carbocycles. The highest BCUT2D eigenvalue weighted by molar-refractivity contribution is 8.01. The summed E-state index contributed by atoms with van der Waals surface area (Å²) < 4.78 is 16.0. The number of benzene rings is 1. The molecular weight excluding hydrogens is 380 g/mol. The first-order valence-corrected chi connectivity index (χ1v) is 10.4. The van der Waals surface area contributed by atoms with Gasteiger partial charge in [0, 0.05) is 23.5 Å². The number of fused-ring (bicyclic) bond motifs is 3. The van der Waals surface area contributed by atoms with Crippen LogP contribution in [-0.4, -0.2) is 61.0 Å². The van der Waals surface area contributed by atoms with E-state index in [0.717, 1.165) is 25.0 Å². The molecule has 2 fully saturated rings. The number of rotatable bonds is 5. The van der Waals surface area contributed by atoms with Crippen molar-refractivity contribution in [3.63, 3.8) is 0 Å². The van der Waals surface area contributed by atoms with Gasteiger partial charge in [-0.15, -0.1) is 11.8 Å². The number of ether oxygens (including phenoxy) is 3. The Kier molecular flexibility index (Phi) is 4.95. The monoisotopic (exact) mass is 406 g/mol. The van der Waals surface area contributed by atoms with Crippen molar-refractivity contribution < 1.29 is 23.8 Å². The second-order valence-corrected chi connectivity index (χ2v) is 9.57. The van der Waals surface area contributed by atoms with Gasteiger partial charge in [-0.3, -0.25) is 9.59 Å². The van der Waals surface area contributed by atoms with Crippen LogP contribution in [0.15, 0.2) is 12.1 Å². The molecule has 1 N–H and O–H groups in total. The van der Waals surface area contributed by atoms with E-state index < -0.39 is 10.8 Å². The zero-order valence-corrected chi connectivity index (χ0v) is 17.4. The molecule has 0 aliphatic carbocycles. The number of methoxy groups -OCH3 is 2. The van der Waals surface area contributed by atoms with Gasteiger partial charge in [-0.05, 0) is 32.8 Å². The average Bonchev–Trinajstić information content (AvgIpc) is 3.34. The van der Waals surface area contributed by atoms with Crippen molar-refractivity contribution in [2.24, 2.45) is 0 Å². The molecule has 3 aliphatic rings. The molecule has 3 heterocycles. The third-order valence-electron chi connectivity index (χ3n) is 5.67. The summed E-state index contributed by atoms with van der Waals surface area (Å²) in [6, 6.07) is 3.14. The van der Waals surface area contributed by atoms with Gasteiger partial charge in [0.2, 0.25) is 5.91 Å². The lowest BCUT2D eigenvalue weighted by Gasteiger charge is -2.30. The topological polar surface area (TPSA) is 77.1 Å². The highest BCUT2D eigenvalue weighted by Gasteiger charge is 2.58. The average molecular weight is 407 g/mol. The van der Waals surface area contributed by atoms with E-state index in [-0.39, 0.29) is 23.3 Å². The summed E-state index contributed by atoms with van der Waals surface area (Å²) in [5.74, 6) is 0.615. The van der Waals surface area contributed by atoms with E-state index in [9.17, 15) is 9.59 Å². The molecule has 2 saturated heterocycles. The Morgan fingerprint density at radius 2 is 2.14 bits per heavy atom. The molecule has 0 aromatic heterocycles. The highest BCUT2D eigenvalue weighted by atomic mass is 32.2. The van der Waals surface area contributed by atoms with E-state index in [1.165, 1.54) is 7.11 Å². The normalized spacial score (nSPS) is 27.5. The zero-order valence-electron chi connectivity index (χ0n) is 16.6. The van der Waals surface area contributed by atoms with Gasteiger partial charge in [0.05, 0.1) is 25.9 Å². The molecular formula is C20H26N2O5S. The van der Waals surface area contributed by atoms with E-state index in [1.807, 2.05) is 26.0 Å². The maximum Gasteiger partial charge on any atom is 0.260 e. The molecule has 0 unspecified atom stereocenters. The Hall–Kier alpha value is -1.93. The number of amides is 2. The molecule has 2 amide bonds. The van der Waals surface area contributed by atoms with Crippen molar-refractivity contribution in [1.29, 1.82) is 0 Å². The van der Waals surface area contributed by atoms with Gasteiger partial charge in [0.25, 0.3) is 5.91 Å². The minimum absolute atomic E-state index is 0.0627. The van der Waals surface area contributed by atoms with Crippen LogP contribution in [0.2, 0.25) is 0 Å². The number of nitrogens with one attached hydrogen (secondary N) is 1. The SMILES string of the molecule is COc1ccc2c(c1OC)C(=O)N1[C@@H]2SC(C)(C)[C@@H]1C(=O)NC[C@@H]1CCCO1. The zero-order chi connectivity index (χ0) is 20.1. The van der Waals surface area contributed by atoms with Gasteiger partial charge in [0.15, 0.2) is 11.5 Å². The first-order valence-electron chi connectivity index (χ1n) is 9.53. The molecule has 7 nitrogen and oxygen atoms in total. The van der Waals surface area contributed by atoms with E-state index in [2.05, 4.69) is 5.32 Å². The molecule has 3 aliphatic heterocycles. The molecule has 152 valence electrons. The molecule has 28 heavy (non-hydrogen) atoms. The standard InChI is InChI=1S/C20H26N2O5S/c1-20(2)16(17(23)21-10-11-6-5-9-27-11)22-18(24)14-12(19(22)28-20)7-8-13(25-3)15(14)26-4/h7-8,11,16,19H,5-6,9-10H2,1-4H3,(H,21,23)/t11-,16-,19+/m0/s1. The van der Waals surface area contributed by atoms with Crippen LogP contribution in [-0.2, 0) is 9.53 Å². The van der Waals surface area contributed by atoms with E-state index in [4.69, 9.17) is 14.2 Å². The molecule has 3 atom stereocenters. The van der Waals surface area contributed by atoms with Gasteiger partial charge >= 0.3 is 0 Å². The van der Waals surface area contributed by atoms with E-state index in [1.54, 1.807) is 23.8 Å². The number of carbonyl (C=O) groups is 2. The summed E-state index contributed by atoms with van der Waals surface area (Å²) in [6.45, 7) is 5.25. The third kappa shape index (κ3) is 2.93. The number of carbonyl (C=O) groups excluding carboxylic acids is 2. The molecule has 1 aromatic carbocycles. The van der Waals surface area contributed by atoms with Crippen molar-refractivity contribution in [2.45, 2.75) is 49.0 Å². The lowest BCUT2D eigenvalue weighted by molar-refractivity contribution is -0.126. The lowest BCUT2D eigenvalue weighted by atomic mass is 10.0. The number of thioether (sulfide) groups is 1. The van der Waals surface area contributed by atoms with Crippen molar-refractivity contribution >= 4 is 23.6 Å². The smallest absolute Gasteiger partial charge is 0.260 e. The quantitative estimate of drug-likeness (QED) is 0.809. The molecule has 0 radical (unpaired) electrons. The Morgan fingerprint density at radius 1 is 1.36 bits per heavy atom. The Morgan fingerprint density at radius 3 is 2.79 bits per heavy atom. The Bertz CT molecular complexity index is 806. The Labute approximate surface area is 169 Å². The first kappa shape index (κ1) is 19.4. The van der Waals surface area contributed by atoms with E-state index in [0.29, 0.717) is 23.6 Å². The minimum Gasteiger partial charge on any atom is -0.493 e. The fourth-order valence-corrected chi connectivity index (χ4v) is 5.95. The highest BCUT2D eigenvalue weighted by Crippen LogP contribution is 2.58. The van der Waals surface area contributed by atoms with Crippen molar-refractivity contribution in [1.82, 2.24) is 10.2 Å². The summed E-state index contributed by atoms with van der Waals surface area (Å²) in [5, 5.41) is 2.79. The van der Waals surface area contributed by atoms with Crippen LogP contribution in [0.3, 0.4) is 0 Å². The predicted molar refractivity (Wildman–Crippen MR) is 106 cm³/mol. The van der Waals surface area contributed by atoms with Crippen molar-refractivity contribution in [3.8, 4) is 11.5 Å². The van der Waals surface area contributed by atoms with Crippen LogP contribution in [0.5, 0.6) is 11.5 Å². The van der Waals surface area contributed by atoms with Gasteiger partial charge in [0.1, 0.15) is 11.4 Å². The minimum atomic E-state index is -0.570. The largest absolute Gasteiger partial charge is 0.493 e. The maximum atomic E-state index is 13.4. The fraction of sp³-hybridized carbons (Fsp3) is 0.600. The van der Waals surface area contributed by atoms with Crippen LogP contribution in [0.4, 0.5) is 0 Å². The van der Waals surface area contributed by atoms with E-state index >= 15 is 0 Å². The predicted octanol–water partition coefficient (Wildman–Crippen LogP) is 2.35. The number of hydrogen-bond acceptors (Lipinski definition) is 6. The van der Waals surface area contributed by atoms with Gasteiger partial charge in [-0.2, -0.15) is 0 Å². The lowest BCUT2D eigenvalue weighted by Crippen LogP contribution is -2.53. The molecule has 0 bridgehead atoms. The molecule has 0 spiro atoms. The van der Waals surface area contributed by atoms with Crippen LogP contribution in [0.25, 0.3) is 0 Å². The van der Waals surface area contributed by atoms with Crippen molar-refractivity contribution in [2.75, 3.05) is 27.4 Å². The number of nitrogens with zero attached hydrogens (tertiary/aromatic N) is 1. The summed E-state index contributed by atoms with van der Waals surface area (Å²) in [5.41, 5.74) is 1.36. The summed E-state index contributed by atoms with van der Waals surface area (Å²) in [4.78, 5) is 28.2. The van der Waals surface area contributed by atoms with Gasteiger partial charge < -0.3 is 24.4 Å². The van der Waals surface area contributed by atoms with Crippen LogP contribution >= 0.6 is 11.8 Å². The second-order valence-electron chi connectivity index (χ2n) is 7.83. The molecule has 1 aromatic rings. The van der Waals surface area contributed by atoms with Crippen LogP contribution in [0.1, 0.15) is 48.0 Å². The third-order valence-corrected chi connectivity index (χ3v) is 7.21. The molecule has 4 rings (SSSR count). The summed E-state index contributed by atoms with van der Waals surface area (Å²) in [7, 11) is 3.07. The maximum absolute atomic E-state index is 13.4. The molecule has 8 heteroatoms. The van der Waals surface area contributed by atoms with Gasteiger partial charge in [-0.1, -0.05) is 6.07 Å². The van der Waals surface area contributed by atoms with Crippen molar-refractivity contribution in [3.05, 3.63) is 23.3 Å². The summed E-state index contributed by atoms with van der Waals surface area (Å²) >= 11 is 1.63. The van der Waals surface area contributed by atoms with Crippen LogP contribution in [0, 0.1) is 0 Å². The van der Waals surface area contributed by atoms with Gasteiger partial charge in [-0.25, -0.2) is 0 Å².